The summed E-state index contributed by atoms with van der Waals surface area (Å²) in [5.41, 5.74) is 6.70. The molecule has 0 aliphatic rings. The van der Waals surface area contributed by atoms with Crippen molar-refractivity contribution in [2.45, 2.75) is 12.1 Å². The van der Waals surface area contributed by atoms with Gasteiger partial charge in [0.25, 0.3) is 0 Å². The summed E-state index contributed by atoms with van der Waals surface area (Å²) >= 11 is 2.22. The van der Waals surface area contributed by atoms with Gasteiger partial charge in [0.05, 0.1) is 12.1 Å². The summed E-state index contributed by atoms with van der Waals surface area (Å²) in [7, 11) is 0. The van der Waals surface area contributed by atoms with Crippen molar-refractivity contribution in [1.29, 1.82) is 0 Å². The number of aliphatic hydroxyl groups excluding tert-OH is 1. The SMILES string of the molecule is C=C[C@@H](O)[C@@H](N)c1ccc(I)cc1. The zero-order valence-corrected chi connectivity index (χ0v) is 9.31. The van der Waals surface area contributed by atoms with E-state index in [0.29, 0.717) is 0 Å². The van der Waals surface area contributed by atoms with E-state index >= 15 is 0 Å². The minimum absolute atomic E-state index is 0.380. The summed E-state index contributed by atoms with van der Waals surface area (Å²) in [4.78, 5) is 0. The highest BCUT2D eigenvalue weighted by molar-refractivity contribution is 14.1. The predicted molar refractivity (Wildman–Crippen MR) is 62.3 cm³/mol. The van der Waals surface area contributed by atoms with E-state index in [-0.39, 0.29) is 6.04 Å². The standard InChI is InChI=1S/C10H12INO/c1-2-9(13)10(12)7-3-5-8(11)6-4-7/h2-6,9-10,13H,1,12H2/t9-,10+/m1/s1. The average Bonchev–Trinajstić information content (AvgIpc) is 2.17. The fourth-order valence-corrected chi connectivity index (χ4v) is 1.39. The molecule has 0 bridgehead atoms. The van der Waals surface area contributed by atoms with E-state index in [4.69, 9.17) is 5.73 Å². The highest BCUT2D eigenvalue weighted by Gasteiger charge is 2.12. The van der Waals surface area contributed by atoms with Crippen LogP contribution < -0.4 is 5.73 Å². The Balaban J connectivity index is 2.82. The van der Waals surface area contributed by atoms with E-state index in [9.17, 15) is 5.11 Å². The number of hydrogen-bond donors (Lipinski definition) is 2. The quantitative estimate of drug-likeness (QED) is 0.659. The van der Waals surface area contributed by atoms with Gasteiger partial charge in [-0.3, -0.25) is 0 Å². The van der Waals surface area contributed by atoms with Crippen LogP contribution in [0.5, 0.6) is 0 Å². The van der Waals surface area contributed by atoms with Crippen LogP contribution in [0.2, 0.25) is 0 Å². The molecule has 1 rings (SSSR count). The number of benzene rings is 1. The van der Waals surface area contributed by atoms with Crippen LogP contribution in [0.4, 0.5) is 0 Å². The van der Waals surface area contributed by atoms with Crippen molar-refractivity contribution >= 4 is 22.6 Å². The van der Waals surface area contributed by atoms with Crippen LogP contribution in [-0.4, -0.2) is 11.2 Å². The first kappa shape index (κ1) is 10.7. The van der Waals surface area contributed by atoms with Crippen molar-refractivity contribution in [3.63, 3.8) is 0 Å². The zero-order chi connectivity index (χ0) is 9.84. The summed E-state index contributed by atoms with van der Waals surface area (Å²) < 4.78 is 1.15. The van der Waals surface area contributed by atoms with Gasteiger partial charge in [-0.25, -0.2) is 0 Å². The fraction of sp³-hybridized carbons (Fsp3) is 0.200. The second-order valence-electron chi connectivity index (χ2n) is 2.80. The van der Waals surface area contributed by atoms with Gasteiger partial charge in [-0.05, 0) is 40.3 Å². The number of aliphatic hydroxyl groups is 1. The number of hydrogen-bond acceptors (Lipinski definition) is 2. The Morgan fingerprint density at radius 3 is 2.38 bits per heavy atom. The molecule has 2 nitrogen and oxygen atoms in total. The predicted octanol–water partition coefficient (Wildman–Crippen LogP) is 1.84. The lowest BCUT2D eigenvalue weighted by atomic mass is 10.0. The summed E-state index contributed by atoms with van der Waals surface area (Å²) in [6.45, 7) is 3.49. The first-order chi connectivity index (χ1) is 6.15. The summed E-state index contributed by atoms with van der Waals surface area (Å²) in [6, 6.07) is 7.38. The van der Waals surface area contributed by atoms with Crippen LogP contribution in [0.25, 0.3) is 0 Å². The molecule has 0 spiro atoms. The molecule has 0 aliphatic carbocycles. The molecule has 70 valence electrons. The van der Waals surface area contributed by atoms with Gasteiger partial charge >= 0.3 is 0 Å². The van der Waals surface area contributed by atoms with Crippen molar-refractivity contribution in [3.05, 3.63) is 46.1 Å². The molecule has 1 aromatic rings. The molecule has 3 N–H and O–H groups in total. The van der Waals surface area contributed by atoms with E-state index in [0.717, 1.165) is 9.13 Å². The molecule has 0 fully saturated rings. The lowest BCUT2D eigenvalue weighted by molar-refractivity contribution is 0.192. The molecule has 3 heteroatoms. The number of halogens is 1. The molecule has 0 unspecified atom stereocenters. The molecule has 0 saturated carbocycles. The highest BCUT2D eigenvalue weighted by atomic mass is 127. The topological polar surface area (TPSA) is 46.2 Å². The maximum atomic E-state index is 9.40. The second kappa shape index (κ2) is 4.74. The third kappa shape index (κ3) is 2.79. The molecule has 13 heavy (non-hydrogen) atoms. The Morgan fingerprint density at radius 1 is 1.38 bits per heavy atom. The third-order valence-electron chi connectivity index (χ3n) is 1.86. The van der Waals surface area contributed by atoms with Gasteiger partial charge in [0.2, 0.25) is 0 Å². The monoisotopic (exact) mass is 289 g/mol. The normalized spacial score (nSPS) is 15.0. The summed E-state index contributed by atoms with van der Waals surface area (Å²) in [5, 5.41) is 9.40. The first-order valence-electron chi connectivity index (χ1n) is 3.97. The number of nitrogens with two attached hydrogens (primary N) is 1. The maximum absolute atomic E-state index is 9.40. The van der Waals surface area contributed by atoms with Crippen LogP contribution in [0, 0.1) is 3.57 Å². The highest BCUT2D eigenvalue weighted by Crippen LogP contribution is 2.16. The molecule has 0 radical (unpaired) electrons. The van der Waals surface area contributed by atoms with Crippen LogP contribution in [0.15, 0.2) is 36.9 Å². The van der Waals surface area contributed by atoms with E-state index in [1.54, 1.807) is 0 Å². The van der Waals surface area contributed by atoms with Crippen LogP contribution in [0.3, 0.4) is 0 Å². The van der Waals surface area contributed by atoms with Gasteiger partial charge in [-0.1, -0.05) is 18.2 Å². The third-order valence-corrected chi connectivity index (χ3v) is 2.58. The molecule has 2 atom stereocenters. The molecule has 0 heterocycles. The lowest BCUT2D eigenvalue weighted by Gasteiger charge is -2.15. The molecular weight excluding hydrogens is 277 g/mol. The van der Waals surface area contributed by atoms with E-state index in [1.165, 1.54) is 6.08 Å². The number of rotatable bonds is 3. The zero-order valence-electron chi connectivity index (χ0n) is 7.15. The molecule has 1 aromatic carbocycles. The Bertz CT molecular complexity index is 283. The maximum Gasteiger partial charge on any atom is 0.0910 e. The van der Waals surface area contributed by atoms with Gasteiger partial charge in [-0.15, -0.1) is 6.58 Å². The van der Waals surface area contributed by atoms with E-state index in [2.05, 4.69) is 29.2 Å². The van der Waals surface area contributed by atoms with Crippen molar-refractivity contribution in [1.82, 2.24) is 0 Å². The summed E-state index contributed by atoms with van der Waals surface area (Å²) in [5.74, 6) is 0. The molecule has 0 aliphatic heterocycles. The van der Waals surface area contributed by atoms with E-state index in [1.807, 2.05) is 24.3 Å². The largest absolute Gasteiger partial charge is 0.387 e. The Labute approximate surface area is 91.6 Å². The summed E-state index contributed by atoms with van der Waals surface area (Å²) in [6.07, 6.45) is 0.767. The van der Waals surface area contributed by atoms with Crippen molar-refractivity contribution in [2.24, 2.45) is 5.73 Å². The van der Waals surface area contributed by atoms with Crippen LogP contribution >= 0.6 is 22.6 Å². The Hall–Kier alpha value is -0.390. The average molecular weight is 289 g/mol. The van der Waals surface area contributed by atoms with Crippen LogP contribution in [0.1, 0.15) is 11.6 Å². The first-order valence-corrected chi connectivity index (χ1v) is 5.04. The van der Waals surface area contributed by atoms with Gasteiger partial charge in [0.15, 0.2) is 0 Å². The van der Waals surface area contributed by atoms with Crippen molar-refractivity contribution in [3.8, 4) is 0 Å². The van der Waals surface area contributed by atoms with Gasteiger partial charge in [0.1, 0.15) is 0 Å². The molecule has 0 amide bonds. The van der Waals surface area contributed by atoms with Crippen molar-refractivity contribution in [2.75, 3.05) is 0 Å². The second-order valence-corrected chi connectivity index (χ2v) is 4.05. The smallest absolute Gasteiger partial charge is 0.0910 e. The minimum atomic E-state index is -0.680. The molecular formula is C10H12INO. The molecule has 0 aromatic heterocycles. The van der Waals surface area contributed by atoms with E-state index < -0.39 is 6.10 Å². The van der Waals surface area contributed by atoms with Gasteiger partial charge in [-0.2, -0.15) is 0 Å². The van der Waals surface area contributed by atoms with Gasteiger partial charge in [0, 0.05) is 3.57 Å². The molecule has 0 saturated heterocycles. The van der Waals surface area contributed by atoms with Crippen LogP contribution in [-0.2, 0) is 0 Å². The Morgan fingerprint density at radius 2 is 1.92 bits per heavy atom. The lowest BCUT2D eigenvalue weighted by Crippen LogP contribution is -2.23. The fourth-order valence-electron chi connectivity index (χ4n) is 1.03. The van der Waals surface area contributed by atoms with Gasteiger partial charge < -0.3 is 10.8 Å². The minimum Gasteiger partial charge on any atom is -0.387 e. The Kier molecular flexibility index (Phi) is 3.90. The van der Waals surface area contributed by atoms with Crippen molar-refractivity contribution < 1.29 is 5.11 Å².